The number of nitro groups is 1. The number of benzene rings is 1. The standard InChI is InChI=1S/C12H17N3O4.ClH/c1-19-7-6-13-9-12(16)14-8-10-2-4-11(5-3-10)15(17)18;/h2-5,13H,6-9H2,1H3,(H,14,16);1H. The van der Waals surface area contributed by atoms with Crippen LogP contribution in [0, 0.1) is 10.1 Å². The fourth-order valence-corrected chi connectivity index (χ4v) is 1.37. The van der Waals surface area contributed by atoms with Crippen molar-refractivity contribution in [3.63, 3.8) is 0 Å². The van der Waals surface area contributed by atoms with Gasteiger partial charge >= 0.3 is 0 Å². The molecule has 0 aliphatic heterocycles. The van der Waals surface area contributed by atoms with Gasteiger partial charge in [-0.3, -0.25) is 14.9 Å². The number of methoxy groups -OCH3 is 1. The van der Waals surface area contributed by atoms with E-state index in [-0.39, 0.29) is 30.5 Å². The summed E-state index contributed by atoms with van der Waals surface area (Å²) in [5.74, 6) is -0.130. The van der Waals surface area contributed by atoms with Crippen molar-refractivity contribution in [1.29, 1.82) is 0 Å². The van der Waals surface area contributed by atoms with E-state index < -0.39 is 4.92 Å². The molecule has 8 heteroatoms. The van der Waals surface area contributed by atoms with Gasteiger partial charge in [-0.05, 0) is 5.56 Å². The minimum Gasteiger partial charge on any atom is -0.383 e. The van der Waals surface area contributed by atoms with Crippen LogP contribution < -0.4 is 10.6 Å². The Kier molecular flexibility index (Phi) is 9.27. The summed E-state index contributed by atoms with van der Waals surface area (Å²) in [4.78, 5) is 21.4. The molecule has 0 unspecified atom stereocenters. The Morgan fingerprint density at radius 2 is 2.00 bits per heavy atom. The van der Waals surface area contributed by atoms with Gasteiger partial charge in [0, 0.05) is 32.3 Å². The maximum atomic E-state index is 11.4. The van der Waals surface area contributed by atoms with Gasteiger partial charge in [0.25, 0.3) is 5.69 Å². The molecule has 0 aliphatic rings. The van der Waals surface area contributed by atoms with E-state index in [2.05, 4.69) is 10.6 Å². The van der Waals surface area contributed by atoms with Crippen molar-refractivity contribution in [2.24, 2.45) is 0 Å². The zero-order valence-electron chi connectivity index (χ0n) is 11.1. The van der Waals surface area contributed by atoms with Crippen LogP contribution in [-0.4, -0.2) is 37.6 Å². The van der Waals surface area contributed by atoms with E-state index in [0.29, 0.717) is 19.7 Å². The summed E-state index contributed by atoms with van der Waals surface area (Å²) in [5.41, 5.74) is 0.854. The zero-order chi connectivity index (χ0) is 14.1. The number of nitrogens with one attached hydrogen (secondary N) is 2. The number of carbonyl (C=O) groups excluding carboxylic acids is 1. The predicted octanol–water partition coefficient (Wildman–Crippen LogP) is 0.869. The van der Waals surface area contributed by atoms with E-state index in [9.17, 15) is 14.9 Å². The number of halogens is 1. The largest absolute Gasteiger partial charge is 0.383 e. The smallest absolute Gasteiger partial charge is 0.269 e. The quantitative estimate of drug-likeness (QED) is 0.422. The second kappa shape index (κ2) is 10.1. The molecular formula is C12H18ClN3O4. The highest BCUT2D eigenvalue weighted by molar-refractivity contribution is 5.85. The molecule has 1 amide bonds. The molecule has 0 radical (unpaired) electrons. The topological polar surface area (TPSA) is 93.5 Å². The van der Waals surface area contributed by atoms with Gasteiger partial charge in [-0.2, -0.15) is 0 Å². The predicted molar refractivity (Wildman–Crippen MR) is 76.9 cm³/mol. The van der Waals surface area contributed by atoms with E-state index in [1.54, 1.807) is 19.2 Å². The Labute approximate surface area is 123 Å². The summed E-state index contributed by atoms with van der Waals surface area (Å²) in [6, 6.07) is 6.07. The molecular weight excluding hydrogens is 286 g/mol. The number of rotatable bonds is 8. The Hall–Kier alpha value is -1.70. The number of carbonyl (C=O) groups is 1. The Balaban J connectivity index is 0.00000361. The average molecular weight is 304 g/mol. The van der Waals surface area contributed by atoms with E-state index in [0.717, 1.165) is 5.56 Å². The third kappa shape index (κ3) is 7.03. The molecule has 1 aromatic carbocycles. The van der Waals surface area contributed by atoms with Gasteiger partial charge in [0.1, 0.15) is 0 Å². The van der Waals surface area contributed by atoms with Gasteiger partial charge in [0.2, 0.25) is 5.91 Å². The molecule has 0 saturated carbocycles. The Morgan fingerprint density at radius 3 is 2.55 bits per heavy atom. The van der Waals surface area contributed by atoms with Crippen LogP contribution in [0.25, 0.3) is 0 Å². The molecule has 0 atom stereocenters. The fraction of sp³-hybridized carbons (Fsp3) is 0.417. The molecule has 0 aliphatic carbocycles. The molecule has 0 saturated heterocycles. The number of hydrogen-bond donors (Lipinski definition) is 2. The zero-order valence-corrected chi connectivity index (χ0v) is 11.9. The van der Waals surface area contributed by atoms with E-state index in [4.69, 9.17) is 4.74 Å². The average Bonchev–Trinajstić information content (AvgIpc) is 2.42. The third-order valence-electron chi connectivity index (χ3n) is 2.41. The second-order valence-corrected chi connectivity index (χ2v) is 3.87. The first-order valence-electron chi connectivity index (χ1n) is 5.83. The van der Waals surface area contributed by atoms with Crippen LogP contribution in [0.2, 0.25) is 0 Å². The summed E-state index contributed by atoms with van der Waals surface area (Å²) < 4.78 is 4.83. The van der Waals surface area contributed by atoms with Crippen LogP contribution in [0.3, 0.4) is 0 Å². The molecule has 20 heavy (non-hydrogen) atoms. The maximum Gasteiger partial charge on any atom is 0.269 e. The summed E-state index contributed by atoms with van der Waals surface area (Å²) in [5, 5.41) is 16.1. The highest BCUT2D eigenvalue weighted by Crippen LogP contribution is 2.11. The molecule has 0 aromatic heterocycles. The van der Waals surface area contributed by atoms with E-state index >= 15 is 0 Å². The number of amides is 1. The number of hydrogen-bond acceptors (Lipinski definition) is 5. The van der Waals surface area contributed by atoms with Crippen LogP contribution in [-0.2, 0) is 16.1 Å². The summed E-state index contributed by atoms with van der Waals surface area (Å²) in [6.45, 7) is 1.73. The van der Waals surface area contributed by atoms with Crippen molar-refractivity contribution < 1.29 is 14.5 Å². The van der Waals surface area contributed by atoms with E-state index in [1.807, 2.05) is 0 Å². The maximum absolute atomic E-state index is 11.4. The van der Waals surface area contributed by atoms with Gasteiger partial charge in [0.05, 0.1) is 18.1 Å². The van der Waals surface area contributed by atoms with Crippen molar-refractivity contribution >= 4 is 24.0 Å². The van der Waals surface area contributed by atoms with Crippen molar-refractivity contribution in [3.8, 4) is 0 Å². The van der Waals surface area contributed by atoms with Crippen LogP contribution in [0.15, 0.2) is 24.3 Å². The molecule has 2 N–H and O–H groups in total. The van der Waals surface area contributed by atoms with Crippen molar-refractivity contribution in [3.05, 3.63) is 39.9 Å². The minimum absolute atomic E-state index is 0. The Bertz CT molecular complexity index is 425. The lowest BCUT2D eigenvalue weighted by Gasteiger charge is -2.06. The monoisotopic (exact) mass is 303 g/mol. The molecule has 0 heterocycles. The number of non-ortho nitro benzene ring substituents is 1. The first-order valence-corrected chi connectivity index (χ1v) is 5.83. The lowest BCUT2D eigenvalue weighted by atomic mass is 10.2. The highest BCUT2D eigenvalue weighted by atomic mass is 35.5. The first kappa shape index (κ1) is 18.3. The molecule has 0 bridgehead atoms. The second-order valence-electron chi connectivity index (χ2n) is 3.87. The molecule has 7 nitrogen and oxygen atoms in total. The number of nitro benzene ring substituents is 1. The number of ether oxygens (including phenoxy) is 1. The molecule has 1 rings (SSSR count). The molecule has 112 valence electrons. The van der Waals surface area contributed by atoms with Crippen LogP contribution in [0.1, 0.15) is 5.56 Å². The van der Waals surface area contributed by atoms with Crippen molar-refractivity contribution in [2.45, 2.75) is 6.54 Å². The fourth-order valence-electron chi connectivity index (χ4n) is 1.37. The normalized spacial score (nSPS) is 9.65. The molecule has 0 fully saturated rings. The third-order valence-corrected chi connectivity index (χ3v) is 2.41. The Morgan fingerprint density at radius 1 is 1.35 bits per heavy atom. The number of nitrogens with zero attached hydrogens (tertiary/aromatic N) is 1. The summed E-state index contributed by atoms with van der Waals surface area (Å²) >= 11 is 0. The first-order chi connectivity index (χ1) is 9.13. The lowest BCUT2D eigenvalue weighted by Crippen LogP contribution is -2.34. The minimum atomic E-state index is -0.456. The summed E-state index contributed by atoms with van der Waals surface area (Å²) in [6.07, 6.45) is 0. The van der Waals surface area contributed by atoms with Crippen LogP contribution >= 0.6 is 12.4 Å². The summed E-state index contributed by atoms with van der Waals surface area (Å²) in [7, 11) is 1.59. The van der Waals surface area contributed by atoms with Gasteiger partial charge in [-0.25, -0.2) is 0 Å². The van der Waals surface area contributed by atoms with Gasteiger partial charge in [-0.1, -0.05) is 12.1 Å². The van der Waals surface area contributed by atoms with Crippen LogP contribution in [0.4, 0.5) is 5.69 Å². The lowest BCUT2D eigenvalue weighted by molar-refractivity contribution is -0.384. The highest BCUT2D eigenvalue weighted by Gasteiger charge is 2.05. The van der Waals surface area contributed by atoms with Gasteiger partial charge in [0.15, 0.2) is 0 Å². The SMILES string of the molecule is COCCNCC(=O)NCc1ccc([N+](=O)[O-])cc1.Cl. The molecule has 0 spiro atoms. The van der Waals surface area contributed by atoms with E-state index in [1.165, 1.54) is 12.1 Å². The van der Waals surface area contributed by atoms with Crippen molar-refractivity contribution in [1.82, 2.24) is 10.6 Å². The van der Waals surface area contributed by atoms with Gasteiger partial charge < -0.3 is 15.4 Å². The van der Waals surface area contributed by atoms with Crippen molar-refractivity contribution in [2.75, 3.05) is 26.8 Å². The van der Waals surface area contributed by atoms with Gasteiger partial charge in [-0.15, -0.1) is 12.4 Å². The molecule has 1 aromatic rings. The van der Waals surface area contributed by atoms with Crippen LogP contribution in [0.5, 0.6) is 0 Å².